The highest BCUT2D eigenvalue weighted by Gasteiger charge is 2.22. The number of rotatable bonds is 6. The molecule has 3 rings (SSSR count). The maximum atomic E-state index is 11.8. The molecule has 23 heavy (non-hydrogen) atoms. The maximum absolute atomic E-state index is 11.8. The first-order chi connectivity index (χ1) is 11.2. The van der Waals surface area contributed by atoms with Crippen LogP contribution in [-0.4, -0.2) is 51.7 Å². The van der Waals surface area contributed by atoms with Crippen molar-refractivity contribution < 1.29 is 9.53 Å². The smallest absolute Gasteiger partial charge is 0.249 e. The molecule has 0 unspecified atom stereocenters. The summed E-state index contributed by atoms with van der Waals surface area (Å²) < 4.78 is 7.00. The average Bonchev–Trinajstić information content (AvgIpc) is 3.23. The van der Waals surface area contributed by atoms with E-state index >= 15 is 0 Å². The van der Waals surface area contributed by atoms with E-state index in [1.807, 2.05) is 31.3 Å². The highest BCUT2D eigenvalue weighted by Crippen LogP contribution is 2.11. The summed E-state index contributed by atoms with van der Waals surface area (Å²) in [5.41, 5.74) is 0.927. The van der Waals surface area contributed by atoms with Crippen LogP contribution >= 0.6 is 0 Å². The number of hydrogen-bond donors (Lipinski definition) is 2. The van der Waals surface area contributed by atoms with E-state index in [0.717, 1.165) is 18.5 Å². The fourth-order valence-electron chi connectivity index (χ4n) is 2.36. The standard InChI is InChI=1S/C15H20N6O2/c1-11-6-9-21(20-11)14-5-4-13(18-19-14)16-7-8-17-15(22)12-3-2-10-23-12/h4-6,9,12H,2-3,7-8,10H2,1H3,(H,16,18)(H,17,22)/t12-/m1/s1. The van der Waals surface area contributed by atoms with Crippen LogP contribution < -0.4 is 10.6 Å². The van der Waals surface area contributed by atoms with E-state index in [-0.39, 0.29) is 12.0 Å². The van der Waals surface area contributed by atoms with Gasteiger partial charge < -0.3 is 15.4 Å². The van der Waals surface area contributed by atoms with E-state index in [0.29, 0.717) is 31.3 Å². The van der Waals surface area contributed by atoms with Crippen LogP contribution in [0, 0.1) is 6.92 Å². The molecule has 0 radical (unpaired) electrons. The number of hydrogen-bond acceptors (Lipinski definition) is 6. The molecule has 1 amide bonds. The number of nitrogens with one attached hydrogen (secondary N) is 2. The van der Waals surface area contributed by atoms with Gasteiger partial charge in [-0.15, -0.1) is 10.2 Å². The molecule has 0 aliphatic carbocycles. The van der Waals surface area contributed by atoms with Crippen molar-refractivity contribution >= 4 is 11.7 Å². The van der Waals surface area contributed by atoms with Crippen LogP contribution in [0.15, 0.2) is 24.4 Å². The zero-order chi connectivity index (χ0) is 16.1. The lowest BCUT2D eigenvalue weighted by atomic mass is 10.2. The van der Waals surface area contributed by atoms with Gasteiger partial charge in [0.15, 0.2) is 5.82 Å². The zero-order valence-electron chi connectivity index (χ0n) is 13.0. The Kier molecular flexibility index (Phi) is 4.82. The number of carbonyl (C=O) groups excluding carboxylic acids is 1. The van der Waals surface area contributed by atoms with Crippen molar-refractivity contribution in [2.45, 2.75) is 25.9 Å². The van der Waals surface area contributed by atoms with Crippen molar-refractivity contribution in [1.29, 1.82) is 0 Å². The van der Waals surface area contributed by atoms with Crippen LogP contribution in [-0.2, 0) is 9.53 Å². The summed E-state index contributed by atoms with van der Waals surface area (Å²) >= 11 is 0. The first-order valence-corrected chi connectivity index (χ1v) is 7.72. The average molecular weight is 316 g/mol. The molecule has 1 saturated heterocycles. The lowest BCUT2D eigenvalue weighted by Crippen LogP contribution is -2.36. The van der Waals surface area contributed by atoms with Crippen molar-refractivity contribution in [3.63, 3.8) is 0 Å². The molecule has 8 heteroatoms. The van der Waals surface area contributed by atoms with Gasteiger partial charge in [0, 0.05) is 25.9 Å². The van der Waals surface area contributed by atoms with E-state index in [2.05, 4.69) is 25.9 Å². The summed E-state index contributed by atoms with van der Waals surface area (Å²) in [6.45, 7) is 3.69. The van der Waals surface area contributed by atoms with E-state index < -0.39 is 0 Å². The van der Waals surface area contributed by atoms with E-state index in [1.54, 1.807) is 4.68 Å². The molecule has 0 spiro atoms. The highest BCUT2D eigenvalue weighted by molar-refractivity contribution is 5.80. The second-order valence-corrected chi connectivity index (χ2v) is 5.40. The van der Waals surface area contributed by atoms with E-state index in [4.69, 9.17) is 4.74 Å². The van der Waals surface area contributed by atoms with Gasteiger partial charge in [0.25, 0.3) is 0 Å². The topological polar surface area (TPSA) is 94.0 Å². The van der Waals surface area contributed by atoms with Crippen LogP contribution in [0.3, 0.4) is 0 Å². The molecule has 1 fully saturated rings. The van der Waals surface area contributed by atoms with Crippen LogP contribution in [0.5, 0.6) is 0 Å². The van der Waals surface area contributed by atoms with Crippen LogP contribution in [0.25, 0.3) is 5.82 Å². The summed E-state index contributed by atoms with van der Waals surface area (Å²) in [7, 11) is 0. The minimum Gasteiger partial charge on any atom is -0.368 e. The van der Waals surface area contributed by atoms with Gasteiger partial charge in [0.05, 0.1) is 5.69 Å². The molecule has 1 aliphatic heterocycles. The van der Waals surface area contributed by atoms with Crippen LogP contribution in [0.1, 0.15) is 18.5 Å². The first-order valence-electron chi connectivity index (χ1n) is 7.72. The number of ether oxygens (including phenoxy) is 1. The molecule has 122 valence electrons. The van der Waals surface area contributed by atoms with Gasteiger partial charge in [-0.1, -0.05) is 0 Å². The summed E-state index contributed by atoms with van der Waals surface area (Å²) in [6, 6.07) is 5.58. The molecule has 8 nitrogen and oxygen atoms in total. The molecule has 1 aliphatic rings. The molecule has 0 saturated carbocycles. The molecule has 2 aromatic rings. The van der Waals surface area contributed by atoms with Gasteiger partial charge in [-0.2, -0.15) is 5.10 Å². The summed E-state index contributed by atoms with van der Waals surface area (Å²) in [4.78, 5) is 11.8. The lowest BCUT2D eigenvalue weighted by molar-refractivity contribution is -0.129. The third-order valence-corrected chi connectivity index (χ3v) is 3.56. The first kappa shape index (κ1) is 15.4. The quantitative estimate of drug-likeness (QED) is 0.761. The third kappa shape index (κ3) is 4.04. The minimum atomic E-state index is -0.286. The van der Waals surface area contributed by atoms with Gasteiger partial charge in [0.2, 0.25) is 5.91 Å². The number of anilines is 1. The third-order valence-electron chi connectivity index (χ3n) is 3.56. The van der Waals surface area contributed by atoms with Crippen molar-refractivity contribution in [2.75, 3.05) is 25.0 Å². The van der Waals surface area contributed by atoms with Gasteiger partial charge >= 0.3 is 0 Å². The molecule has 3 heterocycles. The number of carbonyl (C=O) groups is 1. The monoisotopic (exact) mass is 316 g/mol. The molecular formula is C15H20N6O2. The Morgan fingerprint density at radius 3 is 2.91 bits per heavy atom. The largest absolute Gasteiger partial charge is 0.368 e. The molecular weight excluding hydrogens is 296 g/mol. The Morgan fingerprint density at radius 2 is 2.26 bits per heavy atom. The summed E-state index contributed by atoms with van der Waals surface area (Å²) in [5.74, 6) is 1.28. The van der Waals surface area contributed by atoms with Crippen molar-refractivity contribution in [1.82, 2.24) is 25.3 Å². The molecule has 2 N–H and O–H groups in total. The number of nitrogens with zero attached hydrogens (tertiary/aromatic N) is 4. The second-order valence-electron chi connectivity index (χ2n) is 5.40. The van der Waals surface area contributed by atoms with Gasteiger partial charge in [-0.3, -0.25) is 4.79 Å². The van der Waals surface area contributed by atoms with E-state index in [9.17, 15) is 4.79 Å². The van der Waals surface area contributed by atoms with E-state index in [1.165, 1.54) is 0 Å². The summed E-state index contributed by atoms with van der Waals surface area (Å²) in [6.07, 6.45) is 3.31. The minimum absolute atomic E-state index is 0.0419. The summed E-state index contributed by atoms with van der Waals surface area (Å²) in [5, 5.41) is 18.5. The lowest BCUT2D eigenvalue weighted by Gasteiger charge is -2.11. The predicted octanol–water partition coefficient (Wildman–Crippen LogP) is 0.678. The zero-order valence-corrected chi connectivity index (χ0v) is 13.0. The Morgan fingerprint density at radius 1 is 1.35 bits per heavy atom. The number of aromatic nitrogens is 4. The second kappa shape index (κ2) is 7.19. The number of amides is 1. The van der Waals surface area contributed by atoms with Crippen LogP contribution in [0.4, 0.5) is 5.82 Å². The molecule has 1 atom stereocenters. The Hall–Kier alpha value is -2.48. The fourth-order valence-corrected chi connectivity index (χ4v) is 2.36. The molecule has 0 bridgehead atoms. The van der Waals surface area contributed by atoms with Crippen LogP contribution in [0.2, 0.25) is 0 Å². The SMILES string of the molecule is Cc1ccn(-c2ccc(NCCNC(=O)[C@H]3CCCO3)nn2)n1. The van der Waals surface area contributed by atoms with Crippen molar-refractivity contribution in [3.8, 4) is 5.82 Å². The molecule has 2 aromatic heterocycles. The Labute approximate surface area is 134 Å². The molecule has 0 aromatic carbocycles. The van der Waals surface area contributed by atoms with Crippen molar-refractivity contribution in [2.24, 2.45) is 0 Å². The highest BCUT2D eigenvalue weighted by atomic mass is 16.5. The van der Waals surface area contributed by atoms with Gasteiger partial charge in [-0.05, 0) is 38.0 Å². The maximum Gasteiger partial charge on any atom is 0.249 e. The van der Waals surface area contributed by atoms with Gasteiger partial charge in [0.1, 0.15) is 11.9 Å². The Balaban J connectivity index is 1.43. The van der Waals surface area contributed by atoms with Gasteiger partial charge in [-0.25, -0.2) is 4.68 Å². The Bertz CT molecular complexity index is 648. The number of aryl methyl sites for hydroxylation is 1. The van der Waals surface area contributed by atoms with Crippen molar-refractivity contribution in [3.05, 3.63) is 30.1 Å². The fraction of sp³-hybridized carbons (Fsp3) is 0.467. The normalized spacial score (nSPS) is 17.2. The predicted molar refractivity (Wildman–Crippen MR) is 84.4 cm³/mol.